The van der Waals surface area contributed by atoms with Gasteiger partial charge >= 0.3 is 0 Å². The van der Waals surface area contributed by atoms with Crippen LogP contribution in [0.15, 0.2) is 12.3 Å². The number of nitriles is 1. The predicted molar refractivity (Wildman–Crippen MR) is 67.5 cm³/mol. The summed E-state index contributed by atoms with van der Waals surface area (Å²) in [7, 11) is 0. The zero-order valence-electron chi connectivity index (χ0n) is 10.3. The summed E-state index contributed by atoms with van der Waals surface area (Å²) in [6.45, 7) is 0.298. The monoisotopic (exact) mass is 262 g/mol. The molecule has 0 atom stereocenters. The zero-order valence-corrected chi connectivity index (χ0v) is 10.3. The van der Waals surface area contributed by atoms with Crippen molar-refractivity contribution in [2.75, 3.05) is 11.9 Å². The molecule has 0 radical (unpaired) electrons. The molecular weight excluding hydrogens is 248 g/mol. The van der Waals surface area contributed by atoms with E-state index in [1.807, 2.05) is 6.07 Å². The van der Waals surface area contributed by atoms with E-state index in [1.165, 1.54) is 6.07 Å². The van der Waals surface area contributed by atoms with Crippen LogP contribution in [0.3, 0.4) is 0 Å². The second kappa shape index (κ2) is 5.20. The fourth-order valence-electron chi connectivity index (χ4n) is 2.24. The van der Waals surface area contributed by atoms with Crippen LogP contribution in [0.1, 0.15) is 31.2 Å². The molecular formula is C12H14N4O3. The van der Waals surface area contributed by atoms with Gasteiger partial charge in [0.05, 0.1) is 10.5 Å². The van der Waals surface area contributed by atoms with Gasteiger partial charge in [-0.25, -0.2) is 4.98 Å². The molecule has 0 aromatic carbocycles. The highest BCUT2D eigenvalue weighted by Gasteiger charge is 2.31. The van der Waals surface area contributed by atoms with Gasteiger partial charge in [0.25, 0.3) is 5.69 Å². The maximum absolute atomic E-state index is 10.6. The molecule has 1 aliphatic rings. The number of nitrogens with zero attached hydrogens (tertiary/aromatic N) is 3. The number of anilines is 1. The van der Waals surface area contributed by atoms with Crippen LogP contribution in [0.4, 0.5) is 11.5 Å². The van der Waals surface area contributed by atoms with Gasteiger partial charge in [0, 0.05) is 12.6 Å². The first-order valence-corrected chi connectivity index (χ1v) is 6.05. The predicted octanol–water partition coefficient (Wildman–Crippen LogP) is 1.58. The number of hydrogen-bond donors (Lipinski definition) is 2. The van der Waals surface area contributed by atoms with Crippen LogP contribution in [0.5, 0.6) is 0 Å². The average molecular weight is 262 g/mol. The summed E-state index contributed by atoms with van der Waals surface area (Å²) in [5.74, 6) is 0.272. The molecule has 19 heavy (non-hydrogen) atoms. The van der Waals surface area contributed by atoms with E-state index in [4.69, 9.17) is 5.26 Å². The van der Waals surface area contributed by atoms with E-state index in [0.29, 0.717) is 6.54 Å². The number of nitrogens with one attached hydrogen (secondary N) is 1. The minimum atomic E-state index is -0.768. The highest BCUT2D eigenvalue weighted by atomic mass is 16.6. The van der Waals surface area contributed by atoms with Gasteiger partial charge in [-0.3, -0.25) is 10.1 Å². The van der Waals surface area contributed by atoms with Crippen LogP contribution in [-0.4, -0.2) is 27.2 Å². The van der Waals surface area contributed by atoms with Gasteiger partial charge < -0.3 is 10.4 Å². The van der Waals surface area contributed by atoms with Crippen LogP contribution >= 0.6 is 0 Å². The molecule has 0 aliphatic heterocycles. The van der Waals surface area contributed by atoms with E-state index < -0.39 is 10.5 Å². The molecule has 1 heterocycles. The van der Waals surface area contributed by atoms with Gasteiger partial charge in [-0.1, -0.05) is 12.8 Å². The topological polar surface area (TPSA) is 112 Å². The summed E-state index contributed by atoms with van der Waals surface area (Å²) in [5, 5.41) is 32.6. The van der Waals surface area contributed by atoms with Crippen molar-refractivity contribution in [3.8, 4) is 6.07 Å². The lowest BCUT2D eigenvalue weighted by Gasteiger charge is -2.22. The molecule has 0 spiro atoms. The second-order valence-corrected chi connectivity index (χ2v) is 4.74. The van der Waals surface area contributed by atoms with E-state index in [0.717, 1.165) is 31.9 Å². The molecule has 1 aliphatic carbocycles. The number of hydrogen-bond acceptors (Lipinski definition) is 6. The van der Waals surface area contributed by atoms with Crippen molar-refractivity contribution < 1.29 is 10.0 Å². The molecule has 1 aromatic heterocycles. The minimum Gasteiger partial charge on any atom is -0.388 e. The number of pyridine rings is 1. The minimum absolute atomic E-state index is 0.107. The van der Waals surface area contributed by atoms with Crippen molar-refractivity contribution in [2.24, 2.45) is 0 Å². The van der Waals surface area contributed by atoms with Gasteiger partial charge in [0.2, 0.25) is 0 Å². The molecule has 0 amide bonds. The summed E-state index contributed by atoms with van der Waals surface area (Å²) >= 11 is 0. The summed E-state index contributed by atoms with van der Waals surface area (Å²) in [6.07, 6.45) is 4.50. The molecule has 0 bridgehead atoms. The molecule has 100 valence electrons. The molecule has 2 rings (SSSR count). The van der Waals surface area contributed by atoms with Crippen LogP contribution in [0.2, 0.25) is 0 Å². The van der Waals surface area contributed by atoms with E-state index in [1.54, 1.807) is 0 Å². The summed E-state index contributed by atoms with van der Waals surface area (Å²) in [4.78, 5) is 13.9. The average Bonchev–Trinajstić information content (AvgIpc) is 2.83. The smallest absolute Gasteiger partial charge is 0.289 e. The van der Waals surface area contributed by atoms with Crippen molar-refractivity contribution in [1.82, 2.24) is 4.98 Å². The Morgan fingerprint density at radius 2 is 2.26 bits per heavy atom. The quantitative estimate of drug-likeness (QED) is 0.629. The first-order chi connectivity index (χ1) is 9.04. The van der Waals surface area contributed by atoms with Gasteiger partial charge in [-0.15, -0.1) is 0 Å². The Morgan fingerprint density at radius 1 is 1.58 bits per heavy atom. The first kappa shape index (κ1) is 13.2. The molecule has 0 unspecified atom stereocenters. The molecule has 1 saturated carbocycles. The number of rotatable bonds is 4. The standard InChI is InChI=1S/C12H14N4O3/c13-6-9-5-10(16(18)19)7-14-11(9)15-8-12(17)3-1-2-4-12/h5,7,17H,1-4,8H2,(H,14,15). The Kier molecular flexibility index (Phi) is 3.62. The van der Waals surface area contributed by atoms with E-state index >= 15 is 0 Å². The van der Waals surface area contributed by atoms with Crippen LogP contribution in [0, 0.1) is 21.4 Å². The van der Waals surface area contributed by atoms with Crippen molar-refractivity contribution >= 4 is 11.5 Å². The van der Waals surface area contributed by atoms with E-state index in [9.17, 15) is 15.2 Å². The number of aromatic nitrogens is 1. The normalized spacial score (nSPS) is 16.8. The SMILES string of the molecule is N#Cc1cc([N+](=O)[O-])cnc1NCC1(O)CCCC1. The molecule has 1 aromatic rings. The van der Waals surface area contributed by atoms with Crippen LogP contribution in [0.25, 0.3) is 0 Å². The van der Waals surface area contributed by atoms with Gasteiger partial charge in [-0.2, -0.15) is 5.26 Å². The third-order valence-corrected chi connectivity index (χ3v) is 3.32. The molecule has 7 heteroatoms. The lowest BCUT2D eigenvalue weighted by Crippen LogP contribution is -2.33. The molecule has 7 nitrogen and oxygen atoms in total. The van der Waals surface area contributed by atoms with Crippen molar-refractivity contribution in [2.45, 2.75) is 31.3 Å². The summed E-state index contributed by atoms with van der Waals surface area (Å²) in [5.41, 5.74) is -0.881. The fraction of sp³-hybridized carbons (Fsp3) is 0.500. The lowest BCUT2D eigenvalue weighted by atomic mass is 10.0. The van der Waals surface area contributed by atoms with Crippen molar-refractivity contribution in [1.29, 1.82) is 5.26 Å². The van der Waals surface area contributed by atoms with E-state index in [-0.39, 0.29) is 17.1 Å². The first-order valence-electron chi connectivity index (χ1n) is 6.05. The van der Waals surface area contributed by atoms with Gasteiger partial charge in [0.1, 0.15) is 23.6 Å². The third kappa shape index (κ3) is 2.98. The highest BCUT2D eigenvalue weighted by molar-refractivity contribution is 5.55. The lowest BCUT2D eigenvalue weighted by molar-refractivity contribution is -0.385. The Hall–Kier alpha value is -2.20. The highest BCUT2D eigenvalue weighted by Crippen LogP contribution is 2.30. The van der Waals surface area contributed by atoms with Crippen LogP contribution in [-0.2, 0) is 0 Å². The Balaban J connectivity index is 2.12. The molecule has 1 fully saturated rings. The zero-order chi connectivity index (χ0) is 13.9. The van der Waals surface area contributed by atoms with Crippen molar-refractivity contribution in [3.63, 3.8) is 0 Å². The van der Waals surface area contributed by atoms with E-state index in [2.05, 4.69) is 10.3 Å². The Bertz CT molecular complexity index is 532. The summed E-state index contributed by atoms with van der Waals surface area (Å²) in [6, 6.07) is 3.04. The Labute approximate surface area is 110 Å². The summed E-state index contributed by atoms with van der Waals surface area (Å²) < 4.78 is 0. The van der Waals surface area contributed by atoms with Crippen molar-refractivity contribution in [3.05, 3.63) is 27.9 Å². The van der Waals surface area contributed by atoms with Gasteiger partial charge in [0.15, 0.2) is 0 Å². The van der Waals surface area contributed by atoms with Gasteiger partial charge in [-0.05, 0) is 12.8 Å². The largest absolute Gasteiger partial charge is 0.388 e. The fourth-order valence-corrected chi connectivity index (χ4v) is 2.24. The third-order valence-electron chi connectivity index (χ3n) is 3.32. The second-order valence-electron chi connectivity index (χ2n) is 4.74. The maximum atomic E-state index is 10.6. The number of aliphatic hydroxyl groups is 1. The Morgan fingerprint density at radius 3 is 2.84 bits per heavy atom. The number of nitro groups is 1. The molecule has 0 saturated heterocycles. The van der Waals surface area contributed by atoms with Crippen LogP contribution < -0.4 is 5.32 Å². The maximum Gasteiger partial charge on any atom is 0.289 e. The molecule has 2 N–H and O–H groups in total.